The van der Waals surface area contributed by atoms with E-state index in [-0.39, 0.29) is 43.4 Å². The van der Waals surface area contributed by atoms with Gasteiger partial charge in [-0.3, -0.25) is 9.59 Å². The lowest BCUT2D eigenvalue weighted by Gasteiger charge is -2.38. The summed E-state index contributed by atoms with van der Waals surface area (Å²) in [4.78, 5) is 33.2. The molecule has 0 aliphatic rings. The number of carboxylic acid groups (broad SMARTS) is 3. The van der Waals surface area contributed by atoms with Crippen LogP contribution in [0.25, 0.3) is 0 Å². The first-order chi connectivity index (χ1) is 18.3. The quantitative estimate of drug-likeness (QED) is 0.0638. The van der Waals surface area contributed by atoms with Crippen molar-refractivity contribution < 1.29 is 34.2 Å². The summed E-state index contributed by atoms with van der Waals surface area (Å²) in [6, 6.07) is 0. The first-order valence-electron chi connectivity index (χ1n) is 15.4. The van der Waals surface area contributed by atoms with Gasteiger partial charge >= 0.3 is 11.9 Å². The third kappa shape index (κ3) is 24.4. The summed E-state index contributed by atoms with van der Waals surface area (Å²) in [7, 11) is 0. The predicted molar refractivity (Wildman–Crippen MR) is 152 cm³/mol. The molecule has 2 N–H and O–H groups in total. The highest BCUT2D eigenvalue weighted by atomic mass is 16.4. The molecule has 0 bridgehead atoms. The molecule has 0 heterocycles. The topological polar surface area (TPSA) is 115 Å². The number of aliphatic carboxylic acids is 3. The fourth-order valence-electron chi connectivity index (χ4n) is 5.06. The van der Waals surface area contributed by atoms with Crippen LogP contribution in [0.1, 0.15) is 142 Å². The van der Waals surface area contributed by atoms with Crippen LogP contribution in [-0.4, -0.2) is 58.8 Å². The van der Waals surface area contributed by atoms with E-state index < -0.39 is 17.9 Å². The van der Waals surface area contributed by atoms with Crippen molar-refractivity contribution in [1.82, 2.24) is 0 Å². The van der Waals surface area contributed by atoms with Crippen LogP contribution < -0.4 is 5.11 Å². The number of carbonyl (C=O) groups is 3. The molecule has 0 aromatic rings. The molecule has 0 fully saturated rings. The molecule has 0 aliphatic carbocycles. The number of hydrogen-bond acceptors (Lipinski definition) is 4. The number of hydrogen-bond donors (Lipinski definition) is 2. The lowest BCUT2D eigenvalue weighted by molar-refractivity contribution is -0.926. The SMILES string of the molecule is CCCCCCCCCCCCCCCCCC/C=C/CC[N+](CCC(=O)[O-])(CCC(=O)O)CCC(=O)O. The van der Waals surface area contributed by atoms with E-state index >= 15 is 0 Å². The van der Waals surface area contributed by atoms with E-state index in [4.69, 9.17) is 10.2 Å². The van der Waals surface area contributed by atoms with Crippen molar-refractivity contribution in [3.05, 3.63) is 12.2 Å². The smallest absolute Gasteiger partial charge is 0.309 e. The fourth-order valence-corrected chi connectivity index (χ4v) is 5.06. The van der Waals surface area contributed by atoms with Crippen LogP contribution in [0, 0.1) is 0 Å². The Hall–Kier alpha value is -1.89. The first kappa shape index (κ1) is 36.1. The second-order valence-electron chi connectivity index (χ2n) is 11.0. The Balaban J connectivity index is 3.96. The van der Waals surface area contributed by atoms with E-state index in [1.807, 2.05) is 0 Å². The number of carboxylic acids is 3. The molecule has 0 atom stereocenters. The lowest BCUT2D eigenvalue weighted by atomic mass is 10.0. The lowest BCUT2D eigenvalue weighted by Crippen LogP contribution is -2.52. The highest BCUT2D eigenvalue weighted by Crippen LogP contribution is 2.16. The van der Waals surface area contributed by atoms with Crippen molar-refractivity contribution in [2.75, 3.05) is 26.2 Å². The highest BCUT2D eigenvalue weighted by molar-refractivity contribution is 5.67. The summed E-state index contributed by atoms with van der Waals surface area (Å²) in [5.74, 6) is -3.12. The van der Waals surface area contributed by atoms with Gasteiger partial charge in [0.15, 0.2) is 0 Å². The minimum atomic E-state index is -1.20. The van der Waals surface area contributed by atoms with Gasteiger partial charge in [-0.15, -0.1) is 0 Å². The van der Waals surface area contributed by atoms with E-state index in [1.165, 1.54) is 96.3 Å². The van der Waals surface area contributed by atoms with Crippen LogP contribution in [0.15, 0.2) is 12.2 Å². The molecule has 0 spiro atoms. The molecule has 222 valence electrons. The van der Waals surface area contributed by atoms with Crippen molar-refractivity contribution >= 4 is 17.9 Å². The van der Waals surface area contributed by atoms with E-state index in [1.54, 1.807) is 0 Å². The number of carbonyl (C=O) groups excluding carboxylic acids is 1. The number of quaternary nitrogens is 1. The molecule has 0 aromatic carbocycles. The van der Waals surface area contributed by atoms with E-state index in [9.17, 15) is 19.5 Å². The van der Waals surface area contributed by atoms with Crippen LogP contribution in [0.4, 0.5) is 0 Å². The van der Waals surface area contributed by atoms with Crippen molar-refractivity contribution in [1.29, 1.82) is 0 Å². The van der Waals surface area contributed by atoms with Crippen molar-refractivity contribution in [2.45, 2.75) is 142 Å². The molecule has 0 aliphatic heterocycles. The molecule has 7 heteroatoms. The van der Waals surface area contributed by atoms with Gasteiger partial charge in [-0.2, -0.15) is 0 Å². The molecular weight excluding hydrogens is 482 g/mol. The van der Waals surface area contributed by atoms with E-state index in [0.717, 1.165) is 12.8 Å². The molecular formula is C31H57NO6. The first-order valence-corrected chi connectivity index (χ1v) is 15.4. The maximum atomic E-state index is 11.1. The zero-order valence-corrected chi connectivity index (χ0v) is 24.3. The van der Waals surface area contributed by atoms with Gasteiger partial charge in [0.2, 0.25) is 0 Å². The highest BCUT2D eigenvalue weighted by Gasteiger charge is 2.28. The number of unbranched alkanes of at least 4 members (excludes halogenated alkanes) is 16. The van der Waals surface area contributed by atoms with E-state index in [2.05, 4.69) is 19.1 Å². The predicted octanol–water partition coefficient (Wildman–Crippen LogP) is 6.49. The van der Waals surface area contributed by atoms with Crippen LogP contribution in [-0.2, 0) is 14.4 Å². The van der Waals surface area contributed by atoms with Gasteiger partial charge < -0.3 is 24.6 Å². The fraction of sp³-hybridized carbons (Fsp3) is 0.839. The Kier molecular flexibility index (Phi) is 24.1. The normalized spacial score (nSPS) is 11.8. The van der Waals surface area contributed by atoms with Crippen LogP contribution in [0.2, 0.25) is 0 Å². The molecule has 0 unspecified atom stereocenters. The Morgan fingerprint density at radius 3 is 1.32 bits per heavy atom. The van der Waals surface area contributed by atoms with Gasteiger partial charge in [0, 0.05) is 18.8 Å². The summed E-state index contributed by atoms with van der Waals surface area (Å²) >= 11 is 0. The van der Waals surface area contributed by atoms with Crippen molar-refractivity contribution in [2.24, 2.45) is 0 Å². The molecule has 0 rings (SSSR count). The van der Waals surface area contributed by atoms with Crippen LogP contribution in [0.3, 0.4) is 0 Å². The zero-order valence-electron chi connectivity index (χ0n) is 24.3. The molecule has 0 saturated carbocycles. The molecule has 0 saturated heterocycles. The van der Waals surface area contributed by atoms with Gasteiger partial charge in [-0.1, -0.05) is 115 Å². The zero-order chi connectivity index (χ0) is 28.3. The maximum absolute atomic E-state index is 11.1. The summed E-state index contributed by atoms with van der Waals surface area (Å²) in [5, 5.41) is 29.2. The summed E-state index contributed by atoms with van der Waals surface area (Å²) in [6.07, 6.45) is 27.1. The van der Waals surface area contributed by atoms with Gasteiger partial charge in [0.1, 0.15) is 0 Å². The molecule has 0 amide bonds. The maximum Gasteiger partial charge on any atom is 0.309 e. The van der Waals surface area contributed by atoms with Gasteiger partial charge in [0.25, 0.3) is 0 Å². The molecule has 0 aromatic heterocycles. The summed E-state index contributed by atoms with van der Waals surface area (Å²) in [5.41, 5.74) is 0. The van der Waals surface area contributed by atoms with Crippen molar-refractivity contribution in [3.8, 4) is 0 Å². The van der Waals surface area contributed by atoms with E-state index in [0.29, 0.717) is 13.0 Å². The van der Waals surface area contributed by atoms with Gasteiger partial charge in [-0.25, -0.2) is 0 Å². The summed E-state index contributed by atoms with van der Waals surface area (Å²) in [6.45, 7) is 3.44. The standard InChI is InChI=1S/C31H57NO6/c1-2-3-4-5-6-7-8-9-10-11-12-13-14-15-16-17-18-19-20-21-25-32(26-22-29(33)34,27-23-30(35)36)28-24-31(37)38/h19-20H,2-18,21-28H2,1H3,(H2-,33,34,35,36,37,38)/b20-19+. The minimum Gasteiger partial charge on any atom is -0.550 e. The largest absolute Gasteiger partial charge is 0.550 e. The van der Waals surface area contributed by atoms with Crippen molar-refractivity contribution in [3.63, 3.8) is 0 Å². The molecule has 7 nitrogen and oxygen atoms in total. The number of rotatable bonds is 29. The number of allylic oxidation sites excluding steroid dienone is 1. The number of nitrogens with zero attached hydrogens (tertiary/aromatic N) is 1. The Labute approximate surface area is 232 Å². The Morgan fingerprint density at radius 1 is 0.553 bits per heavy atom. The minimum absolute atomic E-state index is 0.116. The second-order valence-corrected chi connectivity index (χ2v) is 11.0. The summed E-state index contributed by atoms with van der Waals surface area (Å²) < 4.78 is 0.177. The van der Waals surface area contributed by atoms with Gasteiger partial charge in [0.05, 0.1) is 39.0 Å². The monoisotopic (exact) mass is 539 g/mol. The third-order valence-electron chi connectivity index (χ3n) is 7.55. The van der Waals surface area contributed by atoms with Crippen LogP contribution in [0.5, 0.6) is 0 Å². The third-order valence-corrected chi connectivity index (χ3v) is 7.55. The average Bonchev–Trinajstić information content (AvgIpc) is 2.88. The molecule has 38 heavy (non-hydrogen) atoms. The Bertz CT molecular complexity index is 588. The van der Waals surface area contributed by atoms with Crippen LogP contribution >= 0.6 is 0 Å². The molecule has 0 radical (unpaired) electrons. The Morgan fingerprint density at radius 2 is 0.921 bits per heavy atom. The second kappa shape index (κ2) is 25.4. The van der Waals surface area contributed by atoms with Gasteiger partial charge in [-0.05, 0) is 12.8 Å². The average molecular weight is 540 g/mol.